The van der Waals surface area contributed by atoms with Gasteiger partial charge in [-0.3, -0.25) is 4.79 Å². The highest BCUT2D eigenvalue weighted by Crippen LogP contribution is 2.30. The number of benzene rings is 2. The summed E-state index contributed by atoms with van der Waals surface area (Å²) in [5.74, 6) is 1.88. The Labute approximate surface area is 126 Å². The first-order valence-electron chi connectivity index (χ1n) is 6.31. The summed E-state index contributed by atoms with van der Waals surface area (Å²) < 4.78 is 12.1. The zero-order valence-corrected chi connectivity index (χ0v) is 12.9. The summed E-state index contributed by atoms with van der Waals surface area (Å²) in [7, 11) is 0. The SMILES string of the molecule is CCOc1cccc(Oc2ccc(Br)cc2C(C)=O)c1. The average Bonchev–Trinajstić information content (AvgIpc) is 2.41. The summed E-state index contributed by atoms with van der Waals surface area (Å²) >= 11 is 3.35. The van der Waals surface area contributed by atoms with Crippen LogP contribution in [-0.4, -0.2) is 12.4 Å². The maximum absolute atomic E-state index is 11.7. The minimum Gasteiger partial charge on any atom is -0.494 e. The molecule has 0 heterocycles. The first-order valence-corrected chi connectivity index (χ1v) is 7.10. The Kier molecular flexibility index (Phi) is 4.79. The van der Waals surface area contributed by atoms with Crippen molar-refractivity contribution in [2.45, 2.75) is 13.8 Å². The monoisotopic (exact) mass is 334 g/mol. The van der Waals surface area contributed by atoms with E-state index in [9.17, 15) is 4.79 Å². The van der Waals surface area contributed by atoms with Gasteiger partial charge in [0, 0.05) is 10.5 Å². The molecule has 0 spiro atoms. The summed E-state index contributed by atoms with van der Waals surface area (Å²) in [5, 5.41) is 0. The van der Waals surface area contributed by atoms with Gasteiger partial charge in [-0.15, -0.1) is 0 Å². The predicted octanol–water partition coefficient (Wildman–Crippen LogP) is 4.84. The molecule has 20 heavy (non-hydrogen) atoms. The van der Waals surface area contributed by atoms with Gasteiger partial charge in [0.05, 0.1) is 12.2 Å². The van der Waals surface area contributed by atoms with Gasteiger partial charge in [-0.05, 0) is 44.2 Å². The second-order valence-corrected chi connectivity index (χ2v) is 5.12. The molecular weight excluding hydrogens is 320 g/mol. The van der Waals surface area contributed by atoms with E-state index in [2.05, 4.69) is 15.9 Å². The van der Waals surface area contributed by atoms with Crippen molar-refractivity contribution in [2.24, 2.45) is 0 Å². The molecule has 2 aromatic rings. The smallest absolute Gasteiger partial charge is 0.163 e. The molecule has 2 rings (SSSR count). The van der Waals surface area contributed by atoms with E-state index in [1.807, 2.05) is 31.2 Å². The normalized spacial score (nSPS) is 10.2. The van der Waals surface area contributed by atoms with Gasteiger partial charge in [0.15, 0.2) is 5.78 Å². The molecule has 0 aliphatic rings. The largest absolute Gasteiger partial charge is 0.494 e. The summed E-state index contributed by atoms with van der Waals surface area (Å²) in [6.07, 6.45) is 0. The topological polar surface area (TPSA) is 35.5 Å². The first kappa shape index (κ1) is 14.6. The van der Waals surface area contributed by atoms with Gasteiger partial charge in [0.25, 0.3) is 0 Å². The molecule has 0 saturated carbocycles. The van der Waals surface area contributed by atoms with Crippen LogP contribution in [0.1, 0.15) is 24.2 Å². The van der Waals surface area contributed by atoms with Crippen molar-refractivity contribution in [2.75, 3.05) is 6.61 Å². The predicted molar refractivity (Wildman–Crippen MR) is 81.8 cm³/mol. The Balaban J connectivity index is 2.30. The molecule has 0 radical (unpaired) electrons. The van der Waals surface area contributed by atoms with Crippen LogP contribution >= 0.6 is 15.9 Å². The van der Waals surface area contributed by atoms with Gasteiger partial charge >= 0.3 is 0 Å². The number of carbonyl (C=O) groups is 1. The Morgan fingerprint density at radius 2 is 1.90 bits per heavy atom. The second kappa shape index (κ2) is 6.57. The number of ether oxygens (including phenoxy) is 2. The number of rotatable bonds is 5. The molecule has 104 valence electrons. The van der Waals surface area contributed by atoms with Gasteiger partial charge in [0.2, 0.25) is 0 Å². The summed E-state index contributed by atoms with van der Waals surface area (Å²) in [6, 6.07) is 12.7. The lowest BCUT2D eigenvalue weighted by Gasteiger charge is -2.11. The number of hydrogen-bond acceptors (Lipinski definition) is 3. The number of hydrogen-bond donors (Lipinski definition) is 0. The molecular formula is C16H15BrO3. The standard InChI is InChI=1S/C16H15BrO3/c1-3-19-13-5-4-6-14(10-13)20-16-8-7-12(17)9-15(16)11(2)18/h4-10H,3H2,1-2H3. The van der Waals surface area contributed by atoms with Crippen LogP contribution in [0.25, 0.3) is 0 Å². The zero-order valence-electron chi connectivity index (χ0n) is 11.4. The Morgan fingerprint density at radius 3 is 2.60 bits per heavy atom. The molecule has 0 fully saturated rings. The minimum atomic E-state index is -0.0396. The van der Waals surface area contributed by atoms with Crippen molar-refractivity contribution in [1.82, 2.24) is 0 Å². The summed E-state index contributed by atoms with van der Waals surface area (Å²) in [6.45, 7) is 4.04. The third kappa shape index (κ3) is 3.61. The van der Waals surface area contributed by atoms with Crippen LogP contribution in [0.3, 0.4) is 0 Å². The molecule has 0 aromatic heterocycles. The third-order valence-corrected chi connectivity index (χ3v) is 3.16. The van der Waals surface area contributed by atoms with Crippen LogP contribution in [0.4, 0.5) is 0 Å². The second-order valence-electron chi connectivity index (χ2n) is 4.21. The molecule has 0 saturated heterocycles. The molecule has 4 heteroatoms. The van der Waals surface area contributed by atoms with Crippen LogP contribution in [0.5, 0.6) is 17.2 Å². The van der Waals surface area contributed by atoms with Crippen LogP contribution in [0, 0.1) is 0 Å². The van der Waals surface area contributed by atoms with Crippen molar-refractivity contribution in [3.05, 3.63) is 52.5 Å². The maximum atomic E-state index is 11.7. The van der Waals surface area contributed by atoms with Crippen LogP contribution < -0.4 is 9.47 Å². The molecule has 0 aliphatic heterocycles. The Hall–Kier alpha value is -1.81. The van der Waals surface area contributed by atoms with Crippen LogP contribution in [0.2, 0.25) is 0 Å². The van der Waals surface area contributed by atoms with E-state index in [1.54, 1.807) is 18.2 Å². The lowest BCUT2D eigenvalue weighted by Crippen LogP contribution is -1.97. The molecule has 2 aromatic carbocycles. The molecule has 0 amide bonds. The van der Waals surface area contributed by atoms with Crippen molar-refractivity contribution in [3.8, 4) is 17.2 Å². The highest BCUT2D eigenvalue weighted by Gasteiger charge is 2.10. The van der Waals surface area contributed by atoms with E-state index >= 15 is 0 Å². The van der Waals surface area contributed by atoms with Gasteiger partial charge in [-0.25, -0.2) is 0 Å². The maximum Gasteiger partial charge on any atom is 0.163 e. The fourth-order valence-corrected chi connectivity index (χ4v) is 2.15. The highest BCUT2D eigenvalue weighted by atomic mass is 79.9. The van der Waals surface area contributed by atoms with Crippen LogP contribution in [-0.2, 0) is 0 Å². The van der Waals surface area contributed by atoms with Crippen molar-refractivity contribution >= 4 is 21.7 Å². The van der Waals surface area contributed by atoms with Crippen molar-refractivity contribution in [1.29, 1.82) is 0 Å². The summed E-state index contributed by atoms with van der Waals surface area (Å²) in [4.78, 5) is 11.7. The molecule has 0 unspecified atom stereocenters. The number of ketones is 1. The van der Waals surface area contributed by atoms with Gasteiger partial charge in [0.1, 0.15) is 17.2 Å². The van der Waals surface area contributed by atoms with E-state index in [-0.39, 0.29) is 5.78 Å². The van der Waals surface area contributed by atoms with Gasteiger partial charge in [-0.2, -0.15) is 0 Å². The Bertz CT molecular complexity index is 623. The molecule has 0 bridgehead atoms. The summed E-state index contributed by atoms with van der Waals surface area (Å²) in [5.41, 5.74) is 0.543. The number of halogens is 1. The quantitative estimate of drug-likeness (QED) is 0.733. The lowest BCUT2D eigenvalue weighted by atomic mass is 10.1. The zero-order chi connectivity index (χ0) is 14.5. The molecule has 3 nitrogen and oxygen atoms in total. The van der Waals surface area contributed by atoms with Crippen LogP contribution in [0.15, 0.2) is 46.9 Å². The van der Waals surface area contributed by atoms with Crippen molar-refractivity contribution < 1.29 is 14.3 Å². The van der Waals surface area contributed by atoms with E-state index in [0.717, 1.165) is 10.2 Å². The van der Waals surface area contributed by atoms with E-state index in [0.29, 0.717) is 23.7 Å². The molecule has 0 atom stereocenters. The fourth-order valence-electron chi connectivity index (χ4n) is 1.79. The molecule has 0 aliphatic carbocycles. The lowest BCUT2D eigenvalue weighted by molar-refractivity contribution is 0.101. The van der Waals surface area contributed by atoms with Gasteiger partial charge < -0.3 is 9.47 Å². The molecule has 0 N–H and O–H groups in total. The number of carbonyl (C=O) groups excluding carboxylic acids is 1. The highest BCUT2D eigenvalue weighted by molar-refractivity contribution is 9.10. The van der Waals surface area contributed by atoms with E-state index in [1.165, 1.54) is 6.92 Å². The fraction of sp³-hybridized carbons (Fsp3) is 0.188. The van der Waals surface area contributed by atoms with E-state index in [4.69, 9.17) is 9.47 Å². The first-order chi connectivity index (χ1) is 9.60. The van der Waals surface area contributed by atoms with E-state index < -0.39 is 0 Å². The average molecular weight is 335 g/mol. The number of Topliss-reactive ketones (excluding diaryl/α,β-unsaturated/α-hetero) is 1. The minimum absolute atomic E-state index is 0.0396. The Morgan fingerprint density at radius 1 is 1.15 bits per heavy atom. The third-order valence-electron chi connectivity index (χ3n) is 2.67. The van der Waals surface area contributed by atoms with Gasteiger partial charge in [-0.1, -0.05) is 22.0 Å². The van der Waals surface area contributed by atoms with Crippen molar-refractivity contribution in [3.63, 3.8) is 0 Å².